The van der Waals surface area contributed by atoms with Crippen LogP contribution >= 0.6 is 0 Å². The van der Waals surface area contributed by atoms with Gasteiger partial charge in [0.1, 0.15) is 33.4 Å². The number of rotatable bonds is 1. The van der Waals surface area contributed by atoms with Crippen molar-refractivity contribution >= 4 is 26.7 Å². The summed E-state index contributed by atoms with van der Waals surface area (Å²) in [6, 6.07) is 3.26. The zero-order valence-corrected chi connectivity index (χ0v) is 25.4. The average Bonchev–Trinajstić information content (AvgIpc) is 2.98. The average molecular weight is 635 g/mol. The third kappa shape index (κ3) is 6.38. The molecule has 1 atom stereocenters. The van der Waals surface area contributed by atoms with Crippen LogP contribution in [0.3, 0.4) is 0 Å². The molecule has 0 saturated carbocycles. The number of nitrogens with zero attached hydrogens (tertiary/aromatic N) is 4. The summed E-state index contributed by atoms with van der Waals surface area (Å²) in [6.07, 6.45) is 5.51. The summed E-state index contributed by atoms with van der Waals surface area (Å²) in [4.78, 5) is 24.7. The summed E-state index contributed by atoms with van der Waals surface area (Å²) in [7, 11) is -3.21. The molecule has 0 amide bonds. The number of fused-ring (bicyclic) bond motifs is 8. The highest BCUT2D eigenvalue weighted by molar-refractivity contribution is 7.91. The van der Waals surface area contributed by atoms with Crippen molar-refractivity contribution in [3.05, 3.63) is 63.5 Å². The van der Waals surface area contributed by atoms with Crippen LogP contribution in [0.25, 0.3) is 11.0 Å². The molecule has 1 N–H and O–H groups in total. The van der Waals surface area contributed by atoms with Crippen LogP contribution in [0.4, 0.5) is 19.0 Å². The highest BCUT2D eigenvalue weighted by Gasteiger charge is 2.41. The van der Waals surface area contributed by atoms with E-state index >= 15 is 13.2 Å². The predicted octanol–water partition coefficient (Wildman–Crippen LogP) is 5.77. The molecule has 6 heterocycles. The van der Waals surface area contributed by atoms with Crippen LogP contribution in [0, 0.1) is 11.7 Å². The first-order chi connectivity index (χ1) is 22.2. The second-order valence-electron chi connectivity index (χ2n) is 12.5. The number of nitrogens with one attached hydrogen (secondary N) is 1. The number of anilines is 1. The number of hydrogen-bond acceptors (Lipinski definition) is 7. The minimum absolute atomic E-state index is 0.00608. The van der Waals surface area contributed by atoms with Crippen LogP contribution in [-0.4, -0.2) is 59.0 Å². The Morgan fingerprint density at radius 2 is 1.75 bits per heavy atom. The quantitative estimate of drug-likeness (QED) is 0.363. The smallest absolute Gasteiger partial charge is 0.276 e. The van der Waals surface area contributed by atoms with E-state index in [1.807, 2.05) is 0 Å². The number of aromatic nitrogens is 3. The van der Waals surface area contributed by atoms with Crippen molar-refractivity contribution in [3.8, 4) is 0 Å². The van der Waals surface area contributed by atoms with Gasteiger partial charge in [-0.25, -0.2) is 31.6 Å². The number of pyridine rings is 1. The molecule has 44 heavy (non-hydrogen) atoms. The second-order valence-corrected chi connectivity index (χ2v) is 14.8. The van der Waals surface area contributed by atoms with Crippen LogP contribution in [0.15, 0.2) is 35.4 Å². The first kappa shape index (κ1) is 27.3. The molecule has 1 aromatic carbocycles. The predicted molar refractivity (Wildman–Crippen MR) is 164 cm³/mol. The molecule has 0 aliphatic carbocycles. The van der Waals surface area contributed by atoms with Crippen LogP contribution in [0.2, 0.25) is 0 Å². The van der Waals surface area contributed by atoms with E-state index in [1.54, 1.807) is 6.07 Å². The van der Waals surface area contributed by atoms with Gasteiger partial charge in [0.25, 0.3) is 11.5 Å². The van der Waals surface area contributed by atoms with Gasteiger partial charge in [-0.15, -0.1) is 0 Å². The molecule has 7 rings (SSSR count). The number of sulfone groups is 1. The largest absolute Gasteiger partial charge is 0.363 e. The monoisotopic (exact) mass is 634 g/mol. The Morgan fingerprint density at radius 3 is 2.50 bits per heavy atom. The molecule has 0 unspecified atom stereocenters. The molecule has 4 aliphatic rings. The van der Waals surface area contributed by atoms with E-state index in [2.05, 4.69) is 20.2 Å². The first-order valence-corrected chi connectivity index (χ1v) is 17.3. The van der Waals surface area contributed by atoms with E-state index < -0.39 is 52.0 Å². The molecule has 12 heteroatoms. The molecule has 8 bridgehead atoms. The molecule has 4 aliphatic heterocycles. The van der Waals surface area contributed by atoms with Crippen molar-refractivity contribution < 1.29 is 25.7 Å². The number of benzene rings is 1. The maximum absolute atomic E-state index is 16.1. The summed E-state index contributed by atoms with van der Waals surface area (Å²) in [6.45, 7) is -0.738. The Morgan fingerprint density at radius 1 is 1.02 bits per heavy atom. The summed E-state index contributed by atoms with van der Waals surface area (Å²) in [5, 5.41) is 3.14. The van der Waals surface area contributed by atoms with Gasteiger partial charge in [-0.1, -0.05) is 37.5 Å². The van der Waals surface area contributed by atoms with Crippen molar-refractivity contribution in [2.75, 3.05) is 36.5 Å². The van der Waals surface area contributed by atoms with Gasteiger partial charge in [-0.3, -0.25) is 9.36 Å². The third-order valence-corrected chi connectivity index (χ3v) is 11.1. The molecular formula is C32H40F3N5O3S. The van der Waals surface area contributed by atoms with Crippen LogP contribution in [0.1, 0.15) is 91.0 Å². The number of halogens is 3. The van der Waals surface area contributed by atoms with Gasteiger partial charge < -0.3 is 10.2 Å². The summed E-state index contributed by atoms with van der Waals surface area (Å²) in [5.74, 6) is -5.53. The Bertz CT molecular complexity index is 1780. The first-order valence-electron chi connectivity index (χ1n) is 17.0. The fourth-order valence-corrected chi connectivity index (χ4v) is 8.38. The molecule has 2 saturated heterocycles. The van der Waals surface area contributed by atoms with Gasteiger partial charge in [0.05, 0.1) is 28.5 Å². The minimum atomic E-state index is -3.51. The lowest BCUT2D eigenvalue weighted by atomic mass is 9.88. The Balaban J connectivity index is 1.46. The summed E-state index contributed by atoms with van der Waals surface area (Å²) < 4.78 is 98.0. The van der Waals surface area contributed by atoms with Gasteiger partial charge in [-0.05, 0) is 57.0 Å². The maximum atomic E-state index is 16.1. The van der Waals surface area contributed by atoms with E-state index in [1.165, 1.54) is 23.0 Å². The molecule has 2 fully saturated rings. The van der Waals surface area contributed by atoms with E-state index in [-0.39, 0.29) is 53.2 Å². The summed E-state index contributed by atoms with van der Waals surface area (Å²) in [5.41, 5.74) is -0.934. The van der Waals surface area contributed by atoms with E-state index in [9.17, 15) is 13.2 Å². The van der Waals surface area contributed by atoms with Gasteiger partial charge in [0.15, 0.2) is 0 Å². The normalized spacial score (nSPS) is 27.6. The van der Waals surface area contributed by atoms with Gasteiger partial charge in [0.2, 0.25) is 0 Å². The maximum Gasteiger partial charge on any atom is 0.276 e. The number of hydrogen-bond donors (Lipinski definition) is 1. The van der Waals surface area contributed by atoms with Crippen LogP contribution in [0.5, 0.6) is 0 Å². The van der Waals surface area contributed by atoms with Crippen molar-refractivity contribution in [2.45, 2.75) is 82.6 Å². The molecule has 8 nitrogen and oxygen atoms in total. The third-order valence-electron chi connectivity index (χ3n) is 9.35. The van der Waals surface area contributed by atoms with Crippen LogP contribution < -0.4 is 10.9 Å². The standard InChI is InChI=1S/C32H40F3N5O3S/c1-21-24-8-7-9-27(28(24)33)32(34,35)17-22-18-39(19-22)12-5-3-2-4-6-13-40-30-26(29(38-21)36-20-37-30)16-25(31(40)41)23-10-14-44(42,43)15-11-23/h7-9,16,20-23H,2-6,10-15,17-19H2,1H3,(H,36,37,38)/t21-/m1/s1/i1D3. The number of aryl methyl sites for hydroxylation is 1. The highest BCUT2D eigenvalue weighted by atomic mass is 32.2. The highest BCUT2D eigenvalue weighted by Crippen LogP contribution is 2.40. The topological polar surface area (TPSA) is 97.2 Å². The van der Waals surface area contributed by atoms with Crippen molar-refractivity contribution in [3.63, 3.8) is 0 Å². The van der Waals surface area contributed by atoms with Gasteiger partial charge in [0, 0.05) is 41.3 Å². The molecule has 3 aromatic rings. The Labute approximate surface area is 260 Å². The minimum Gasteiger partial charge on any atom is -0.363 e. The fraction of sp³-hybridized carbons (Fsp3) is 0.594. The zero-order chi connectivity index (χ0) is 33.6. The molecular weight excluding hydrogens is 591 g/mol. The molecule has 238 valence electrons. The molecule has 2 aromatic heterocycles. The lowest BCUT2D eigenvalue weighted by Gasteiger charge is -2.41. The van der Waals surface area contributed by atoms with Gasteiger partial charge in [-0.2, -0.15) is 0 Å². The van der Waals surface area contributed by atoms with E-state index in [0.29, 0.717) is 37.0 Å². The molecule has 0 spiro atoms. The lowest BCUT2D eigenvalue weighted by molar-refractivity contribution is -0.0592. The Hall–Kier alpha value is -2.99. The van der Waals surface area contributed by atoms with Crippen LogP contribution in [-0.2, 0) is 22.3 Å². The van der Waals surface area contributed by atoms with Gasteiger partial charge >= 0.3 is 0 Å². The fourth-order valence-electron chi connectivity index (χ4n) is 6.89. The number of alkyl halides is 2. The SMILES string of the molecule is [2H]C([2H])([2H])[C@H]1Nc2ncnc3c2cc(C2CCS(=O)(=O)CC2)c(=O)n3CCCCCCCN2CC(C2)CC(F)(F)c2cccc1c2F. The van der Waals surface area contributed by atoms with E-state index in [0.717, 1.165) is 38.3 Å². The molecule has 0 radical (unpaired) electrons. The van der Waals surface area contributed by atoms with Crippen molar-refractivity contribution in [2.24, 2.45) is 5.92 Å². The van der Waals surface area contributed by atoms with E-state index in [4.69, 9.17) is 4.11 Å². The lowest BCUT2D eigenvalue weighted by Crippen LogP contribution is -2.48. The second kappa shape index (κ2) is 12.4. The zero-order valence-electron chi connectivity index (χ0n) is 27.6. The summed E-state index contributed by atoms with van der Waals surface area (Å²) >= 11 is 0. The Kier molecular flexibility index (Phi) is 7.72. The van der Waals surface area contributed by atoms with Crippen molar-refractivity contribution in [1.29, 1.82) is 0 Å². The van der Waals surface area contributed by atoms with Crippen molar-refractivity contribution in [1.82, 2.24) is 19.4 Å².